The average molecular weight is 398 g/mol. The molecule has 0 unspecified atom stereocenters. The lowest BCUT2D eigenvalue weighted by molar-refractivity contribution is -0.159. The summed E-state index contributed by atoms with van der Waals surface area (Å²) in [5.41, 5.74) is 0.964. The van der Waals surface area contributed by atoms with Gasteiger partial charge in [0.05, 0.1) is 5.41 Å². The van der Waals surface area contributed by atoms with Crippen molar-refractivity contribution in [3.05, 3.63) is 59.9 Å². The molecule has 1 fully saturated rings. The maximum atomic E-state index is 14.4. The number of rotatable bonds is 6. The highest BCUT2D eigenvalue weighted by Gasteiger charge is 2.46. The number of anilines is 2. The molecule has 0 radical (unpaired) electrons. The highest BCUT2D eigenvalue weighted by atomic mass is 19.1. The van der Waals surface area contributed by atoms with Crippen LogP contribution in [-0.2, 0) is 19.7 Å². The number of halogens is 1. The number of hydrogen-bond donors (Lipinski definition) is 1. The lowest BCUT2D eigenvalue weighted by Crippen LogP contribution is -2.40. The smallest absolute Gasteiger partial charge is 0.317 e. The summed E-state index contributed by atoms with van der Waals surface area (Å²) in [4.78, 5) is 27.5. The predicted octanol–water partition coefficient (Wildman–Crippen LogP) is 4.27. The van der Waals surface area contributed by atoms with Gasteiger partial charge in [0.15, 0.2) is 6.10 Å². The largest absolute Gasteiger partial charge is 0.452 e. The molecule has 2 aromatic rings. The molecule has 3 rings (SSSR count). The fourth-order valence-corrected chi connectivity index (χ4v) is 3.82. The quantitative estimate of drug-likeness (QED) is 0.738. The number of carbonyl (C=O) groups excluding carboxylic acids is 2. The van der Waals surface area contributed by atoms with Crippen LogP contribution in [0.1, 0.15) is 38.2 Å². The van der Waals surface area contributed by atoms with Gasteiger partial charge in [0.25, 0.3) is 5.91 Å². The van der Waals surface area contributed by atoms with Crippen LogP contribution < -0.4 is 10.2 Å². The van der Waals surface area contributed by atoms with Gasteiger partial charge in [-0.3, -0.25) is 9.59 Å². The Kier molecular flexibility index (Phi) is 6.20. The number of benzene rings is 2. The fourth-order valence-electron chi connectivity index (χ4n) is 3.82. The summed E-state index contributed by atoms with van der Waals surface area (Å²) < 4.78 is 19.9. The minimum Gasteiger partial charge on any atom is -0.452 e. The van der Waals surface area contributed by atoms with Crippen LogP contribution in [0, 0.1) is 5.82 Å². The molecule has 0 heterocycles. The minimum absolute atomic E-state index is 0.356. The predicted molar refractivity (Wildman–Crippen MR) is 111 cm³/mol. The summed E-state index contributed by atoms with van der Waals surface area (Å²) in [6.07, 6.45) is 1.70. The molecular weight excluding hydrogens is 371 g/mol. The van der Waals surface area contributed by atoms with E-state index in [1.54, 1.807) is 30.3 Å². The van der Waals surface area contributed by atoms with Crippen molar-refractivity contribution in [2.45, 2.75) is 44.1 Å². The summed E-state index contributed by atoms with van der Waals surface area (Å²) >= 11 is 0. The number of carbonyl (C=O) groups is 2. The van der Waals surface area contributed by atoms with Crippen molar-refractivity contribution in [1.82, 2.24) is 0 Å². The molecular formula is C23H27FN2O3. The number of hydrogen-bond acceptors (Lipinski definition) is 4. The molecule has 1 atom stereocenters. The molecule has 1 aliphatic rings. The van der Waals surface area contributed by atoms with E-state index >= 15 is 0 Å². The second kappa shape index (κ2) is 8.64. The van der Waals surface area contributed by atoms with Gasteiger partial charge in [0, 0.05) is 31.0 Å². The Bertz CT molecular complexity index is 874. The molecule has 0 aromatic heterocycles. The van der Waals surface area contributed by atoms with Crippen molar-refractivity contribution >= 4 is 23.3 Å². The average Bonchev–Trinajstić information content (AvgIpc) is 3.19. The monoisotopic (exact) mass is 398 g/mol. The van der Waals surface area contributed by atoms with Crippen LogP contribution in [0.5, 0.6) is 0 Å². The van der Waals surface area contributed by atoms with Gasteiger partial charge < -0.3 is 15.0 Å². The van der Waals surface area contributed by atoms with Crippen molar-refractivity contribution < 1.29 is 18.7 Å². The van der Waals surface area contributed by atoms with Crippen LogP contribution in [0.2, 0.25) is 0 Å². The highest BCUT2D eigenvalue weighted by molar-refractivity contribution is 5.96. The SMILES string of the molecule is C[C@@H](OC(=O)C1(c2ccccc2F)CCCC1)C(=O)Nc1ccc(N(C)C)cc1. The summed E-state index contributed by atoms with van der Waals surface area (Å²) in [6.45, 7) is 1.53. The van der Waals surface area contributed by atoms with E-state index in [-0.39, 0.29) is 0 Å². The van der Waals surface area contributed by atoms with E-state index in [1.807, 2.05) is 31.1 Å². The first-order chi connectivity index (χ1) is 13.8. The summed E-state index contributed by atoms with van der Waals surface area (Å²) in [6, 6.07) is 13.7. The van der Waals surface area contributed by atoms with Crippen LogP contribution in [0.3, 0.4) is 0 Å². The fraction of sp³-hybridized carbons (Fsp3) is 0.391. The third-order valence-electron chi connectivity index (χ3n) is 5.54. The van der Waals surface area contributed by atoms with E-state index in [0.29, 0.717) is 24.1 Å². The summed E-state index contributed by atoms with van der Waals surface area (Å²) in [5.74, 6) is -1.37. The summed E-state index contributed by atoms with van der Waals surface area (Å²) in [7, 11) is 3.87. The Balaban J connectivity index is 1.70. The van der Waals surface area contributed by atoms with E-state index in [4.69, 9.17) is 4.74 Å². The Morgan fingerprint density at radius 1 is 1.07 bits per heavy atom. The first kappa shape index (κ1) is 20.8. The van der Waals surface area contributed by atoms with Crippen LogP contribution >= 0.6 is 0 Å². The zero-order valence-corrected chi connectivity index (χ0v) is 17.1. The highest BCUT2D eigenvalue weighted by Crippen LogP contribution is 2.43. The first-order valence-corrected chi connectivity index (χ1v) is 9.88. The topological polar surface area (TPSA) is 58.6 Å². The van der Waals surface area contributed by atoms with Gasteiger partial charge in [-0.2, -0.15) is 0 Å². The van der Waals surface area contributed by atoms with Crippen LogP contribution in [0.25, 0.3) is 0 Å². The zero-order chi connectivity index (χ0) is 21.0. The lowest BCUT2D eigenvalue weighted by atomic mass is 9.78. The molecule has 0 saturated heterocycles. The van der Waals surface area contributed by atoms with Crippen molar-refractivity contribution in [3.63, 3.8) is 0 Å². The molecule has 1 amide bonds. The molecule has 6 heteroatoms. The molecule has 1 aliphatic carbocycles. The van der Waals surface area contributed by atoms with Gasteiger partial charge >= 0.3 is 5.97 Å². The molecule has 0 spiro atoms. The van der Waals surface area contributed by atoms with Gasteiger partial charge in [0.2, 0.25) is 0 Å². The van der Waals surface area contributed by atoms with Crippen molar-refractivity contribution in [3.8, 4) is 0 Å². The Morgan fingerprint density at radius 2 is 1.69 bits per heavy atom. The number of amides is 1. The first-order valence-electron chi connectivity index (χ1n) is 9.88. The van der Waals surface area contributed by atoms with Crippen LogP contribution in [0.4, 0.5) is 15.8 Å². The van der Waals surface area contributed by atoms with Gasteiger partial charge in [-0.1, -0.05) is 31.0 Å². The van der Waals surface area contributed by atoms with Crippen LogP contribution in [0.15, 0.2) is 48.5 Å². The molecule has 1 N–H and O–H groups in total. The lowest BCUT2D eigenvalue weighted by Gasteiger charge is -2.29. The Morgan fingerprint density at radius 3 is 2.28 bits per heavy atom. The number of esters is 1. The van der Waals surface area contributed by atoms with Crippen LogP contribution in [-0.4, -0.2) is 32.1 Å². The van der Waals surface area contributed by atoms with Crippen molar-refractivity contribution in [2.75, 3.05) is 24.3 Å². The molecule has 0 aliphatic heterocycles. The second-order valence-corrected chi connectivity index (χ2v) is 7.75. The maximum Gasteiger partial charge on any atom is 0.317 e. The standard InChI is InChI=1S/C23H27FN2O3/c1-16(21(27)25-17-10-12-18(13-11-17)26(2)3)29-22(28)23(14-6-7-15-23)19-8-4-5-9-20(19)24/h4-5,8-13,16H,6-7,14-15H2,1-3H3,(H,25,27)/t16-/m1/s1. The Labute approximate surface area is 170 Å². The van der Waals surface area contributed by atoms with E-state index in [2.05, 4.69) is 5.32 Å². The molecule has 154 valence electrons. The van der Waals surface area contributed by atoms with Crippen molar-refractivity contribution in [1.29, 1.82) is 0 Å². The van der Waals surface area contributed by atoms with Crippen molar-refractivity contribution in [2.24, 2.45) is 0 Å². The minimum atomic E-state index is -1.02. The number of ether oxygens (including phenoxy) is 1. The van der Waals surface area contributed by atoms with Gasteiger partial charge in [-0.05, 0) is 50.1 Å². The van der Waals surface area contributed by atoms with E-state index < -0.39 is 29.2 Å². The van der Waals surface area contributed by atoms with Gasteiger partial charge in [0.1, 0.15) is 5.82 Å². The van der Waals surface area contributed by atoms with E-state index in [1.165, 1.54) is 13.0 Å². The third kappa shape index (κ3) is 4.42. The van der Waals surface area contributed by atoms with Gasteiger partial charge in [-0.15, -0.1) is 0 Å². The second-order valence-electron chi connectivity index (χ2n) is 7.75. The third-order valence-corrected chi connectivity index (χ3v) is 5.54. The maximum absolute atomic E-state index is 14.4. The molecule has 5 nitrogen and oxygen atoms in total. The zero-order valence-electron chi connectivity index (χ0n) is 17.1. The van der Waals surface area contributed by atoms with Gasteiger partial charge in [-0.25, -0.2) is 4.39 Å². The molecule has 1 saturated carbocycles. The number of nitrogens with one attached hydrogen (secondary N) is 1. The molecule has 0 bridgehead atoms. The molecule has 29 heavy (non-hydrogen) atoms. The van der Waals surface area contributed by atoms with E-state index in [0.717, 1.165) is 18.5 Å². The Hall–Kier alpha value is -2.89. The van der Waals surface area contributed by atoms with E-state index in [9.17, 15) is 14.0 Å². The summed E-state index contributed by atoms with van der Waals surface area (Å²) in [5, 5.41) is 2.76. The normalized spacial score (nSPS) is 16.1. The number of nitrogens with zero attached hydrogens (tertiary/aromatic N) is 1. The molecule has 2 aromatic carbocycles.